The SMILES string of the molecule is CCC(C)C(C(=O)NCc1csc(=O)[nH]1)c1ccccc1. The number of aromatic amines is 1. The van der Waals surface area contributed by atoms with Crippen LogP contribution >= 0.6 is 11.3 Å². The van der Waals surface area contributed by atoms with Gasteiger partial charge in [-0.3, -0.25) is 9.59 Å². The second-order valence-electron chi connectivity index (χ2n) is 5.17. The molecule has 2 atom stereocenters. The Labute approximate surface area is 128 Å². The van der Waals surface area contributed by atoms with Gasteiger partial charge < -0.3 is 10.3 Å². The minimum absolute atomic E-state index is 0.00241. The molecule has 0 spiro atoms. The maximum Gasteiger partial charge on any atom is 0.304 e. The van der Waals surface area contributed by atoms with Crippen molar-refractivity contribution in [3.8, 4) is 0 Å². The molecule has 1 aromatic carbocycles. The van der Waals surface area contributed by atoms with Crippen LogP contribution in [0.25, 0.3) is 0 Å². The maximum absolute atomic E-state index is 12.5. The molecule has 0 aliphatic carbocycles. The highest BCUT2D eigenvalue weighted by Crippen LogP contribution is 2.27. The molecule has 2 N–H and O–H groups in total. The van der Waals surface area contributed by atoms with E-state index in [9.17, 15) is 9.59 Å². The Bertz CT molecular complexity index is 633. The summed E-state index contributed by atoms with van der Waals surface area (Å²) in [6.45, 7) is 4.53. The summed E-state index contributed by atoms with van der Waals surface area (Å²) < 4.78 is 0. The highest BCUT2D eigenvalue weighted by Gasteiger charge is 2.25. The molecule has 1 amide bonds. The van der Waals surface area contributed by atoms with E-state index in [0.29, 0.717) is 6.54 Å². The van der Waals surface area contributed by atoms with Crippen LogP contribution in [-0.2, 0) is 11.3 Å². The summed E-state index contributed by atoms with van der Waals surface area (Å²) in [6, 6.07) is 9.83. The third-order valence-corrected chi connectivity index (χ3v) is 4.40. The van der Waals surface area contributed by atoms with Crippen LogP contribution in [-0.4, -0.2) is 10.9 Å². The monoisotopic (exact) mass is 304 g/mol. The first-order valence-electron chi connectivity index (χ1n) is 7.11. The van der Waals surface area contributed by atoms with Gasteiger partial charge in [-0.25, -0.2) is 0 Å². The predicted molar refractivity (Wildman–Crippen MR) is 85.4 cm³/mol. The van der Waals surface area contributed by atoms with Gasteiger partial charge in [-0.15, -0.1) is 0 Å². The number of rotatable bonds is 6. The number of nitrogens with one attached hydrogen (secondary N) is 2. The molecule has 1 heterocycles. The van der Waals surface area contributed by atoms with E-state index in [4.69, 9.17) is 0 Å². The van der Waals surface area contributed by atoms with E-state index in [2.05, 4.69) is 24.1 Å². The smallest absolute Gasteiger partial charge is 0.304 e. The Kier molecular flexibility index (Phi) is 5.33. The number of aromatic nitrogens is 1. The number of benzene rings is 1. The van der Waals surface area contributed by atoms with Crippen LogP contribution in [0, 0.1) is 5.92 Å². The van der Waals surface area contributed by atoms with E-state index < -0.39 is 0 Å². The van der Waals surface area contributed by atoms with Gasteiger partial charge in [-0.05, 0) is 11.5 Å². The van der Waals surface area contributed by atoms with Gasteiger partial charge in [0.25, 0.3) is 0 Å². The predicted octanol–water partition coefficient (Wildman–Crippen LogP) is 2.88. The largest absolute Gasteiger partial charge is 0.350 e. The molecular formula is C16H20N2O2S. The Morgan fingerprint density at radius 1 is 1.33 bits per heavy atom. The second-order valence-corrected chi connectivity index (χ2v) is 6.01. The fourth-order valence-electron chi connectivity index (χ4n) is 2.33. The molecular weight excluding hydrogens is 284 g/mol. The first-order valence-corrected chi connectivity index (χ1v) is 7.99. The van der Waals surface area contributed by atoms with Gasteiger partial charge in [-0.2, -0.15) is 0 Å². The van der Waals surface area contributed by atoms with Crippen molar-refractivity contribution in [2.24, 2.45) is 5.92 Å². The van der Waals surface area contributed by atoms with E-state index in [1.165, 1.54) is 0 Å². The van der Waals surface area contributed by atoms with Crippen molar-refractivity contribution < 1.29 is 4.79 Å². The minimum atomic E-state index is -0.165. The lowest BCUT2D eigenvalue weighted by Crippen LogP contribution is -2.32. The van der Waals surface area contributed by atoms with Crippen molar-refractivity contribution >= 4 is 17.2 Å². The first kappa shape index (κ1) is 15.5. The Morgan fingerprint density at radius 3 is 2.62 bits per heavy atom. The fourth-order valence-corrected chi connectivity index (χ4v) is 2.91. The zero-order valence-electron chi connectivity index (χ0n) is 12.3. The van der Waals surface area contributed by atoms with Crippen LogP contribution in [0.15, 0.2) is 40.5 Å². The average molecular weight is 304 g/mol. The number of amides is 1. The molecule has 0 radical (unpaired) electrons. The number of hydrogen-bond acceptors (Lipinski definition) is 3. The van der Waals surface area contributed by atoms with E-state index in [-0.39, 0.29) is 22.6 Å². The molecule has 0 aliphatic rings. The van der Waals surface area contributed by atoms with Crippen molar-refractivity contribution in [2.45, 2.75) is 32.7 Å². The number of H-pyrrole nitrogens is 1. The third-order valence-electron chi connectivity index (χ3n) is 3.68. The van der Waals surface area contributed by atoms with Crippen LogP contribution in [0.5, 0.6) is 0 Å². The third kappa shape index (κ3) is 4.04. The molecule has 0 saturated carbocycles. The van der Waals surface area contributed by atoms with Gasteiger partial charge in [0.15, 0.2) is 0 Å². The molecule has 2 unspecified atom stereocenters. The summed E-state index contributed by atoms with van der Waals surface area (Å²) in [5.74, 6) is 0.0954. The van der Waals surface area contributed by atoms with Crippen LogP contribution in [0.2, 0.25) is 0 Å². The zero-order chi connectivity index (χ0) is 15.2. The average Bonchev–Trinajstić information content (AvgIpc) is 2.92. The van der Waals surface area contributed by atoms with Gasteiger partial charge in [0.05, 0.1) is 12.5 Å². The summed E-state index contributed by atoms with van der Waals surface area (Å²) in [7, 11) is 0. The first-order chi connectivity index (χ1) is 10.1. The van der Waals surface area contributed by atoms with E-state index in [0.717, 1.165) is 29.0 Å². The zero-order valence-corrected chi connectivity index (χ0v) is 13.1. The summed E-state index contributed by atoms with van der Waals surface area (Å²) in [5.41, 5.74) is 1.78. The Balaban J connectivity index is 2.09. The lowest BCUT2D eigenvalue weighted by molar-refractivity contribution is -0.123. The normalized spacial score (nSPS) is 13.6. The van der Waals surface area contributed by atoms with Crippen molar-refractivity contribution in [3.63, 3.8) is 0 Å². The van der Waals surface area contributed by atoms with E-state index in [1.807, 2.05) is 30.3 Å². The molecule has 4 nitrogen and oxygen atoms in total. The highest BCUT2D eigenvalue weighted by molar-refractivity contribution is 7.07. The molecule has 0 bridgehead atoms. The molecule has 21 heavy (non-hydrogen) atoms. The van der Waals surface area contributed by atoms with Gasteiger partial charge in [-0.1, -0.05) is 61.9 Å². The number of carbonyl (C=O) groups excluding carboxylic acids is 1. The number of thiazole rings is 1. The van der Waals surface area contributed by atoms with Crippen molar-refractivity contribution in [2.75, 3.05) is 0 Å². The fraction of sp³-hybridized carbons (Fsp3) is 0.375. The van der Waals surface area contributed by atoms with E-state index >= 15 is 0 Å². The molecule has 0 saturated heterocycles. The summed E-state index contributed by atoms with van der Waals surface area (Å²) in [6.07, 6.45) is 0.933. The molecule has 5 heteroatoms. The van der Waals surface area contributed by atoms with Crippen LogP contribution in [0.1, 0.15) is 37.4 Å². The Hall–Kier alpha value is -1.88. The minimum Gasteiger partial charge on any atom is -0.350 e. The lowest BCUT2D eigenvalue weighted by atomic mass is 9.85. The molecule has 2 rings (SSSR count). The van der Waals surface area contributed by atoms with E-state index in [1.54, 1.807) is 5.38 Å². The highest BCUT2D eigenvalue weighted by atomic mass is 32.1. The topological polar surface area (TPSA) is 62.0 Å². The molecule has 112 valence electrons. The van der Waals surface area contributed by atoms with Crippen LogP contribution in [0.4, 0.5) is 0 Å². The molecule has 0 aliphatic heterocycles. The molecule has 0 fully saturated rings. The lowest BCUT2D eigenvalue weighted by Gasteiger charge is -2.22. The van der Waals surface area contributed by atoms with Crippen LogP contribution in [0.3, 0.4) is 0 Å². The van der Waals surface area contributed by atoms with Gasteiger partial charge in [0.1, 0.15) is 0 Å². The summed E-state index contributed by atoms with van der Waals surface area (Å²) >= 11 is 1.11. The van der Waals surface area contributed by atoms with Crippen molar-refractivity contribution in [1.82, 2.24) is 10.3 Å². The number of carbonyl (C=O) groups is 1. The quantitative estimate of drug-likeness (QED) is 0.862. The van der Waals surface area contributed by atoms with Crippen molar-refractivity contribution in [3.05, 3.63) is 56.6 Å². The maximum atomic E-state index is 12.5. The Morgan fingerprint density at radius 2 is 2.05 bits per heavy atom. The number of hydrogen-bond donors (Lipinski definition) is 2. The van der Waals surface area contributed by atoms with Gasteiger partial charge in [0.2, 0.25) is 5.91 Å². The molecule has 2 aromatic rings. The van der Waals surface area contributed by atoms with Crippen molar-refractivity contribution in [1.29, 1.82) is 0 Å². The summed E-state index contributed by atoms with van der Waals surface area (Å²) in [4.78, 5) is 26.2. The van der Waals surface area contributed by atoms with Gasteiger partial charge in [0, 0.05) is 11.1 Å². The second kappa shape index (κ2) is 7.22. The van der Waals surface area contributed by atoms with Gasteiger partial charge >= 0.3 is 4.87 Å². The summed E-state index contributed by atoms with van der Waals surface area (Å²) in [5, 5.41) is 4.66. The standard InChI is InChI=1S/C16H20N2O2S/c1-3-11(2)14(12-7-5-4-6-8-12)15(19)17-9-13-10-21-16(20)18-13/h4-8,10-11,14H,3,9H2,1-2H3,(H,17,19)(H,18,20). The van der Waals surface area contributed by atoms with Crippen LogP contribution < -0.4 is 10.2 Å². The molecule has 1 aromatic heterocycles.